The number of hydrogen-bond acceptors (Lipinski definition) is 21. The third-order valence-corrected chi connectivity index (χ3v) is 33.4. The van der Waals surface area contributed by atoms with E-state index in [-0.39, 0.29) is 0 Å². The third kappa shape index (κ3) is 25.2. The van der Waals surface area contributed by atoms with Gasteiger partial charge in [-0.1, -0.05) is 157 Å². The fourth-order valence-corrected chi connectivity index (χ4v) is 23.4. The van der Waals surface area contributed by atoms with Gasteiger partial charge in [0.25, 0.3) is 0 Å². The Labute approximate surface area is 815 Å². The van der Waals surface area contributed by atoms with Gasteiger partial charge in [0.05, 0.1) is 62.5 Å². The van der Waals surface area contributed by atoms with Crippen LogP contribution in [0.5, 0.6) is 11.5 Å². The van der Waals surface area contributed by atoms with Gasteiger partial charge in [-0.3, -0.25) is 34.4 Å². The molecular formula is C110H134ClN13O2S6. The summed E-state index contributed by atoms with van der Waals surface area (Å²) < 4.78 is 10.7. The lowest BCUT2D eigenvalue weighted by Crippen LogP contribution is -2.50. The van der Waals surface area contributed by atoms with E-state index in [4.69, 9.17) is 41.0 Å². The minimum atomic E-state index is 0.601. The van der Waals surface area contributed by atoms with E-state index in [1.807, 2.05) is 102 Å². The number of thiazole rings is 5. The van der Waals surface area contributed by atoms with Crippen molar-refractivity contribution in [2.24, 2.45) is 5.92 Å². The first kappa shape index (κ1) is 97.9. The Morgan fingerprint density at radius 3 is 1.25 bits per heavy atom. The van der Waals surface area contributed by atoms with Crippen LogP contribution in [-0.4, -0.2) is 212 Å². The molecule has 0 spiro atoms. The molecule has 0 unspecified atom stereocenters. The zero-order valence-corrected chi connectivity index (χ0v) is 85.8. The lowest BCUT2D eigenvalue weighted by molar-refractivity contribution is 0.0683. The van der Waals surface area contributed by atoms with E-state index in [1.165, 1.54) is 122 Å². The molecule has 132 heavy (non-hydrogen) atoms. The molecule has 0 atom stereocenters. The summed E-state index contributed by atoms with van der Waals surface area (Å²) in [7, 11) is 3.40. The van der Waals surface area contributed by atoms with E-state index < -0.39 is 0 Å². The summed E-state index contributed by atoms with van der Waals surface area (Å²) in [4.78, 5) is 50.1. The van der Waals surface area contributed by atoms with E-state index in [2.05, 4.69) is 303 Å². The van der Waals surface area contributed by atoms with Gasteiger partial charge in [0.2, 0.25) is 0 Å². The Balaban J connectivity index is 0.000000118. The second-order valence-corrected chi connectivity index (χ2v) is 44.3. The normalized spacial score (nSPS) is 16.8. The number of para-hydroxylation sites is 1. The van der Waals surface area contributed by atoms with Gasteiger partial charge < -0.3 is 14.4 Å². The second-order valence-electron chi connectivity index (χ2n) is 38.1. The van der Waals surface area contributed by atoms with Crippen LogP contribution < -0.4 is 9.47 Å². The van der Waals surface area contributed by atoms with Crippen molar-refractivity contribution in [3.05, 3.63) is 280 Å². The highest BCUT2D eigenvalue weighted by Gasteiger charge is 2.38. The predicted molar refractivity (Wildman–Crippen MR) is 563 cm³/mol. The van der Waals surface area contributed by atoms with Crippen LogP contribution in [-0.2, 0) is 6.42 Å². The Kier molecular flexibility index (Phi) is 34.4. The van der Waals surface area contributed by atoms with Gasteiger partial charge in [0.15, 0.2) is 0 Å². The van der Waals surface area contributed by atoms with Crippen LogP contribution in [0.2, 0.25) is 5.02 Å². The van der Waals surface area contributed by atoms with E-state index >= 15 is 0 Å². The summed E-state index contributed by atoms with van der Waals surface area (Å²) >= 11 is 17.1. The van der Waals surface area contributed by atoms with Crippen LogP contribution in [0.3, 0.4) is 0 Å². The molecule has 694 valence electrons. The summed E-state index contributed by atoms with van der Waals surface area (Å²) in [5, 5.41) is 16.9. The fraction of sp³-hybridized carbons (Fsp3) is 0.418. The van der Waals surface area contributed by atoms with Gasteiger partial charge >= 0.3 is 0 Å². The molecule has 21 rings (SSSR count). The van der Waals surface area contributed by atoms with Crippen molar-refractivity contribution in [3.8, 4) is 77.5 Å². The molecule has 0 saturated carbocycles. The van der Waals surface area contributed by atoms with Crippen molar-refractivity contribution in [2.45, 2.75) is 188 Å². The number of halogens is 1. The molecule has 7 saturated heterocycles. The Hall–Kier alpha value is -8.59. The molecule has 0 aliphatic carbocycles. The van der Waals surface area contributed by atoms with Crippen molar-refractivity contribution >= 4 is 90.5 Å². The van der Waals surface area contributed by atoms with Crippen LogP contribution in [0.15, 0.2) is 234 Å². The number of aromatic nitrogens is 6. The highest BCUT2D eigenvalue weighted by Crippen LogP contribution is 2.43. The number of likely N-dealkylation sites (tertiary alicyclic amines) is 7. The first-order chi connectivity index (χ1) is 63.8. The van der Waals surface area contributed by atoms with Crippen LogP contribution >= 0.6 is 79.6 Å². The predicted octanol–water partition coefficient (Wildman–Crippen LogP) is 26.4. The molecule has 0 radical (unpaired) electrons. The number of hydrogen-bond donors (Lipinski definition) is 0. The first-order valence-corrected chi connectivity index (χ1v) is 53.0. The molecule has 0 bridgehead atoms. The average molecular weight is 1900 g/mol. The molecule has 14 heterocycles. The summed E-state index contributed by atoms with van der Waals surface area (Å²) in [6.07, 6.45) is 5.20. The van der Waals surface area contributed by atoms with Crippen LogP contribution in [0, 0.1) is 12.8 Å². The highest BCUT2D eigenvalue weighted by molar-refractivity contribution is 7.16. The highest BCUT2D eigenvalue weighted by atomic mass is 35.5. The van der Waals surface area contributed by atoms with E-state index in [0.717, 1.165) is 118 Å². The summed E-state index contributed by atoms with van der Waals surface area (Å²) in [5.74, 6) is 6.50. The molecule has 0 amide bonds. The zero-order valence-electron chi connectivity index (χ0n) is 80.2. The Bertz CT molecular complexity index is 5650. The molecule has 22 heteroatoms. The third-order valence-electron chi connectivity index (χ3n) is 26.5. The molecule has 7 aliphatic rings. The number of fused-ring (bicyclic) bond motifs is 1. The van der Waals surface area contributed by atoms with Crippen LogP contribution in [0.1, 0.15) is 173 Å². The van der Waals surface area contributed by atoms with E-state index in [1.54, 1.807) is 64.4 Å². The molecule has 7 aromatic heterocycles. The lowest BCUT2D eigenvalue weighted by Gasteiger charge is -2.42. The molecule has 0 N–H and O–H groups in total. The second kappa shape index (κ2) is 46.3. The molecule has 7 aromatic carbocycles. The van der Waals surface area contributed by atoms with Crippen molar-refractivity contribution in [2.75, 3.05) is 106 Å². The minimum Gasteiger partial charge on any atom is -0.497 e. The summed E-state index contributed by atoms with van der Waals surface area (Å²) in [6.45, 7) is 50.3. The molecule has 7 fully saturated rings. The fourth-order valence-electron chi connectivity index (χ4n) is 17.4. The Morgan fingerprint density at radius 1 is 0.356 bits per heavy atom. The largest absolute Gasteiger partial charge is 0.497 e. The molecule has 15 nitrogen and oxygen atoms in total. The lowest BCUT2D eigenvalue weighted by atomic mass is 9.89. The first-order valence-electron chi connectivity index (χ1n) is 47.4. The number of methoxy groups -OCH3 is 2. The molecule has 14 aromatic rings. The topological polar surface area (TPSA) is 118 Å². The number of rotatable bonds is 23. The Morgan fingerprint density at radius 2 is 0.765 bits per heavy atom. The van der Waals surface area contributed by atoms with Gasteiger partial charge in [-0.05, 0) is 188 Å². The minimum absolute atomic E-state index is 0.601. The smallest absolute Gasteiger partial charge is 0.128 e. The SMILES string of the molecule is CC(C)N1CC(c2ccc(-c3ccccc3)s2)C1.CC(C)N1CC(c2cnc(-c3ccccc3)s2)C1.CC(C)N1CC(c2nc(-c3ccccc3)cs2)C1.CC(C)N1CC(c2nc(-c3ccccc3Cl)cs2)C1.COc1cccc(-c2csc(C3CN(C(C)C)C3)n2)c1.COc1ccccc1-c1csc(C2CN(C(C)C)C2)n1.Cc1ccc2nccc(CC3CN(C(C)C)C3)c2c1. The monoisotopic (exact) mass is 1900 g/mol. The van der Waals surface area contributed by atoms with Crippen molar-refractivity contribution in [1.29, 1.82) is 0 Å². The maximum absolute atomic E-state index is 6.22. The molecular weight excluding hydrogens is 1760 g/mol. The quantitative estimate of drug-likeness (QED) is 0.0604. The van der Waals surface area contributed by atoms with Crippen molar-refractivity contribution in [3.63, 3.8) is 0 Å². The van der Waals surface area contributed by atoms with Gasteiger partial charge in [-0.15, -0.1) is 68.0 Å². The maximum atomic E-state index is 6.22. The number of thiophene rings is 1. The van der Waals surface area contributed by atoms with Crippen molar-refractivity contribution < 1.29 is 9.47 Å². The number of benzene rings is 7. The van der Waals surface area contributed by atoms with Crippen molar-refractivity contribution in [1.82, 2.24) is 64.2 Å². The standard InChI is InChI=1S/C17H22N2.2C16H20N2OS.C16H19NS.C15H17ClN2S.2C15H18N2S/c1-12(2)19-10-14(11-19)9-15-6-7-18-17-5-4-13(3)8-16(15)17;1-11(2)18-8-13(9-18)16-17-15(10-20-16)12-5-4-6-14(7-12)19-3;1-11(2)18-8-12(9-18)16-17-14(10-20-16)13-6-4-5-7-15(13)19-3;1-12(2)17-10-14(11-17)16-9-8-15(18-16)13-6-4-3-5-7-13;1-10(2)18-7-11(8-18)15-17-14(9-19-15)12-5-3-4-6-13(12)16;1-11(2)17-9-13(10-17)14-8-16-15(18-14)12-6-4-3-5-7-12;1-11(2)17-8-13(9-17)15-16-14(10-18-15)12-6-4-3-5-7-12/h4-8,12,14H,9-11H2,1-3H3;4-7,10-11,13H,8-9H2,1-3H3;4-7,10-12H,8-9H2,1-3H3;3-9,12,14H,10-11H2,1-2H3;3-6,9-11H,7-8H2,1-2H3;3-8,11,13H,9-10H2,1-2H3;3-7,10-11,13H,8-9H2,1-2H3. The number of nitrogens with zero attached hydrogens (tertiary/aromatic N) is 13. The van der Waals surface area contributed by atoms with Crippen LogP contribution in [0.25, 0.3) is 76.9 Å². The number of aryl methyl sites for hydroxylation is 1. The number of pyridine rings is 1. The average Bonchev–Trinajstić information content (AvgIpc) is 1.46. The van der Waals surface area contributed by atoms with Gasteiger partial charge in [0.1, 0.15) is 16.5 Å². The molecule has 7 aliphatic heterocycles. The zero-order chi connectivity index (χ0) is 92.6. The maximum Gasteiger partial charge on any atom is 0.128 e. The van der Waals surface area contributed by atoms with Gasteiger partial charge in [-0.2, -0.15) is 0 Å². The summed E-state index contributed by atoms with van der Waals surface area (Å²) in [6, 6.07) is 73.6. The van der Waals surface area contributed by atoms with Gasteiger partial charge in [-0.25, -0.2) is 24.9 Å². The van der Waals surface area contributed by atoms with E-state index in [9.17, 15) is 0 Å². The van der Waals surface area contributed by atoms with Gasteiger partial charge in [0, 0.05) is 256 Å². The number of ether oxygens (including phenoxy) is 2. The van der Waals surface area contributed by atoms with Crippen LogP contribution in [0.4, 0.5) is 0 Å². The van der Waals surface area contributed by atoms with E-state index in [0.29, 0.717) is 71.9 Å². The summed E-state index contributed by atoms with van der Waals surface area (Å²) in [5.41, 5.74) is 15.2.